The van der Waals surface area contributed by atoms with Crippen LogP contribution in [-0.4, -0.2) is 28.7 Å². The van der Waals surface area contributed by atoms with E-state index in [1.807, 2.05) is 11.8 Å². The molecule has 1 nitrogen and oxygen atoms in total. The molecular weight excluding hydrogens is 174 g/mol. The largest absolute Gasteiger partial charge is 0.302 e. The minimum absolute atomic E-state index is 0.733. The quantitative estimate of drug-likeness (QED) is 0.684. The van der Waals surface area contributed by atoms with Crippen LogP contribution in [0.3, 0.4) is 0 Å². The van der Waals surface area contributed by atoms with E-state index in [1.165, 1.54) is 23.7 Å². The smallest absolute Gasteiger partial charge is 0.0542 e. The first kappa shape index (κ1) is 9.75. The minimum Gasteiger partial charge on any atom is -0.302 e. The molecule has 0 spiro atoms. The van der Waals surface area contributed by atoms with Gasteiger partial charge in [-0.05, 0) is 24.9 Å². The Morgan fingerprint density at radius 2 is 2.45 bits per heavy atom. The van der Waals surface area contributed by atoms with Crippen molar-refractivity contribution in [1.29, 1.82) is 0 Å². The summed E-state index contributed by atoms with van der Waals surface area (Å²) >= 11 is 4.12. The van der Waals surface area contributed by atoms with E-state index in [4.69, 9.17) is 0 Å². The predicted molar refractivity (Wildman–Crippen MR) is 56.5 cm³/mol. The molecule has 0 saturated carbocycles. The number of nitrogens with one attached hydrogen (secondary N) is 1. The van der Waals surface area contributed by atoms with Crippen molar-refractivity contribution in [2.45, 2.75) is 31.7 Å². The molecule has 1 N–H and O–H groups in total. The SMILES string of the molecule is CCSCCC1NC(C)CS1. The maximum absolute atomic E-state index is 3.56. The highest BCUT2D eigenvalue weighted by Crippen LogP contribution is 2.22. The molecule has 2 atom stereocenters. The monoisotopic (exact) mass is 191 g/mol. The molecule has 0 radical (unpaired) electrons. The molecule has 1 aliphatic rings. The summed E-state index contributed by atoms with van der Waals surface area (Å²) in [5.41, 5.74) is 0. The van der Waals surface area contributed by atoms with Gasteiger partial charge in [-0.15, -0.1) is 11.8 Å². The zero-order chi connectivity index (χ0) is 8.10. The zero-order valence-electron chi connectivity index (χ0n) is 7.30. The van der Waals surface area contributed by atoms with Gasteiger partial charge in [0.15, 0.2) is 0 Å². The number of rotatable bonds is 4. The van der Waals surface area contributed by atoms with Crippen LogP contribution >= 0.6 is 23.5 Å². The molecule has 1 heterocycles. The van der Waals surface area contributed by atoms with Gasteiger partial charge in [-0.3, -0.25) is 0 Å². The van der Waals surface area contributed by atoms with E-state index in [-0.39, 0.29) is 0 Å². The highest BCUT2D eigenvalue weighted by molar-refractivity contribution is 8.00. The first-order valence-corrected chi connectivity index (χ1v) is 6.48. The molecule has 1 saturated heterocycles. The molecule has 1 rings (SSSR count). The van der Waals surface area contributed by atoms with Crippen LogP contribution in [0.15, 0.2) is 0 Å². The van der Waals surface area contributed by atoms with Gasteiger partial charge in [0.25, 0.3) is 0 Å². The summed E-state index contributed by atoms with van der Waals surface area (Å²) in [5, 5.41) is 4.30. The normalized spacial score (nSPS) is 31.1. The molecule has 0 aromatic heterocycles. The average molecular weight is 191 g/mol. The second kappa shape index (κ2) is 5.33. The maximum atomic E-state index is 3.56. The van der Waals surface area contributed by atoms with Crippen LogP contribution < -0.4 is 5.32 Å². The van der Waals surface area contributed by atoms with Crippen LogP contribution in [0.1, 0.15) is 20.3 Å². The molecule has 0 aromatic rings. The molecule has 11 heavy (non-hydrogen) atoms. The van der Waals surface area contributed by atoms with E-state index >= 15 is 0 Å². The molecule has 66 valence electrons. The molecule has 1 fully saturated rings. The van der Waals surface area contributed by atoms with Crippen LogP contribution in [-0.2, 0) is 0 Å². The van der Waals surface area contributed by atoms with Gasteiger partial charge in [-0.1, -0.05) is 6.92 Å². The second-order valence-corrected chi connectivity index (χ2v) is 5.50. The Balaban J connectivity index is 1.99. The Morgan fingerprint density at radius 1 is 1.64 bits per heavy atom. The van der Waals surface area contributed by atoms with Crippen molar-refractivity contribution in [3.63, 3.8) is 0 Å². The van der Waals surface area contributed by atoms with Crippen molar-refractivity contribution >= 4 is 23.5 Å². The van der Waals surface area contributed by atoms with E-state index in [0.29, 0.717) is 0 Å². The lowest BCUT2D eigenvalue weighted by Crippen LogP contribution is -2.27. The van der Waals surface area contributed by atoms with Gasteiger partial charge in [0.2, 0.25) is 0 Å². The highest BCUT2D eigenvalue weighted by atomic mass is 32.2. The maximum Gasteiger partial charge on any atom is 0.0542 e. The van der Waals surface area contributed by atoms with Crippen molar-refractivity contribution in [2.75, 3.05) is 17.3 Å². The van der Waals surface area contributed by atoms with Gasteiger partial charge >= 0.3 is 0 Å². The summed E-state index contributed by atoms with van der Waals surface area (Å²) in [6.45, 7) is 4.49. The lowest BCUT2D eigenvalue weighted by Gasteiger charge is -2.09. The number of hydrogen-bond acceptors (Lipinski definition) is 3. The summed E-state index contributed by atoms with van der Waals surface area (Å²) in [4.78, 5) is 0. The summed E-state index contributed by atoms with van der Waals surface area (Å²) < 4.78 is 0. The van der Waals surface area contributed by atoms with Gasteiger partial charge in [0.1, 0.15) is 0 Å². The molecule has 0 aliphatic carbocycles. The van der Waals surface area contributed by atoms with Crippen molar-refractivity contribution in [1.82, 2.24) is 5.32 Å². The standard InChI is InChI=1S/C8H17NS2/c1-3-10-5-4-8-9-7(2)6-11-8/h7-9H,3-6H2,1-2H3. The van der Waals surface area contributed by atoms with Crippen molar-refractivity contribution < 1.29 is 0 Å². The molecule has 0 bridgehead atoms. The molecule has 0 aromatic carbocycles. The Labute approximate surface area is 78.1 Å². The Morgan fingerprint density at radius 3 is 3.00 bits per heavy atom. The average Bonchev–Trinajstić information content (AvgIpc) is 2.37. The summed E-state index contributed by atoms with van der Waals surface area (Å²) in [5.74, 6) is 3.86. The van der Waals surface area contributed by atoms with Gasteiger partial charge in [-0.2, -0.15) is 11.8 Å². The zero-order valence-corrected chi connectivity index (χ0v) is 8.93. The predicted octanol–water partition coefficient (Wildman–Crippen LogP) is 2.18. The van der Waals surface area contributed by atoms with Crippen molar-refractivity contribution in [2.24, 2.45) is 0 Å². The van der Waals surface area contributed by atoms with Crippen LogP contribution in [0.2, 0.25) is 0 Å². The fraction of sp³-hybridized carbons (Fsp3) is 1.00. The van der Waals surface area contributed by atoms with E-state index in [9.17, 15) is 0 Å². The summed E-state index contributed by atoms with van der Waals surface area (Å²) in [6.07, 6.45) is 1.33. The van der Waals surface area contributed by atoms with E-state index in [0.717, 1.165) is 11.4 Å². The van der Waals surface area contributed by atoms with E-state index < -0.39 is 0 Å². The van der Waals surface area contributed by atoms with Gasteiger partial charge in [-0.25, -0.2) is 0 Å². The van der Waals surface area contributed by atoms with Crippen LogP contribution in [0.5, 0.6) is 0 Å². The molecule has 3 heteroatoms. The van der Waals surface area contributed by atoms with Gasteiger partial charge < -0.3 is 5.32 Å². The highest BCUT2D eigenvalue weighted by Gasteiger charge is 2.19. The summed E-state index contributed by atoms with van der Waals surface area (Å²) in [7, 11) is 0. The van der Waals surface area contributed by atoms with Crippen LogP contribution in [0.25, 0.3) is 0 Å². The first-order chi connectivity index (χ1) is 5.33. The third-order valence-corrected chi connectivity index (χ3v) is 4.15. The van der Waals surface area contributed by atoms with E-state index in [1.54, 1.807) is 0 Å². The lowest BCUT2D eigenvalue weighted by molar-refractivity contribution is 0.593. The van der Waals surface area contributed by atoms with E-state index in [2.05, 4.69) is 30.9 Å². The second-order valence-electron chi connectivity index (χ2n) is 2.88. The number of thioether (sulfide) groups is 2. The molecule has 1 aliphatic heterocycles. The Bertz CT molecular complexity index is 108. The fourth-order valence-electron chi connectivity index (χ4n) is 1.18. The first-order valence-electron chi connectivity index (χ1n) is 4.28. The van der Waals surface area contributed by atoms with Crippen LogP contribution in [0.4, 0.5) is 0 Å². The fourth-order valence-corrected chi connectivity index (χ4v) is 3.25. The third kappa shape index (κ3) is 3.72. The van der Waals surface area contributed by atoms with Gasteiger partial charge in [0, 0.05) is 11.8 Å². The molecule has 2 unspecified atom stereocenters. The third-order valence-electron chi connectivity index (χ3n) is 1.75. The van der Waals surface area contributed by atoms with Crippen molar-refractivity contribution in [3.8, 4) is 0 Å². The number of hydrogen-bond donors (Lipinski definition) is 1. The molecular formula is C8H17NS2. The Hall–Kier alpha value is 0.660. The molecule has 0 amide bonds. The van der Waals surface area contributed by atoms with Crippen molar-refractivity contribution in [3.05, 3.63) is 0 Å². The Kier molecular flexibility index (Phi) is 4.72. The van der Waals surface area contributed by atoms with Crippen LogP contribution in [0, 0.1) is 0 Å². The minimum atomic E-state index is 0.733. The topological polar surface area (TPSA) is 12.0 Å². The summed E-state index contributed by atoms with van der Waals surface area (Å²) in [6, 6.07) is 0.733. The van der Waals surface area contributed by atoms with Gasteiger partial charge in [0.05, 0.1) is 5.37 Å². The lowest BCUT2D eigenvalue weighted by atomic mass is 10.4.